The zero-order valence-electron chi connectivity index (χ0n) is 11.1. The predicted octanol–water partition coefficient (Wildman–Crippen LogP) is 3.28. The van der Waals surface area contributed by atoms with E-state index in [4.69, 9.17) is 10.8 Å². The fourth-order valence-electron chi connectivity index (χ4n) is 2.65. The SMILES string of the molecule is Cl.NC(CO)Cc1cc2ccccc2c2ccccc12. The Morgan fingerprint density at radius 1 is 0.900 bits per heavy atom. The van der Waals surface area contributed by atoms with Crippen LogP contribution in [-0.2, 0) is 6.42 Å². The molecule has 3 aromatic rings. The standard InChI is InChI=1S/C17H17NO.ClH/c18-14(11-19)10-13-9-12-5-1-2-6-15(12)17-8-4-3-7-16(13)17;/h1-9,14,19H,10-11,18H2;1H. The van der Waals surface area contributed by atoms with Crippen molar-refractivity contribution in [2.24, 2.45) is 5.73 Å². The molecule has 0 aromatic heterocycles. The molecule has 3 heteroatoms. The number of hydrogen-bond acceptors (Lipinski definition) is 2. The van der Waals surface area contributed by atoms with E-state index in [1.807, 2.05) is 12.1 Å². The van der Waals surface area contributed by atoms with E-state index < -0.39 is 0 Å². The van der Waals surface area contributed by atoms with Crippen molar-refractivity contribution in [1.29, 1.82) is 0 Å². The summed E-state index contributed by atoms with van der Waals surface area (Å²) in [6.07, 6.45) is 0.696. The number of aliphatic hydroxyl groups is 1. The minimum Gasteiger partial charge on any atom is -0.395 e. The number of benzene rings is 3. The van der Waals surface area contributed by atoms with Gasteiger partial charge < -0.3 is 10.8 Å². The molecule has 1 atom stereocenters. The first-order valence-electron chi connectivity index (χ1n) is 6.55. The van der Waals surface area contributed by atoms with Gasteiger partial charge in [0.2, 0.25) is 0 Å². The van der Waals surface area contributed by atoms with Gasteiger partial charge in [-0.1, -0.05) is 54.6 Å². The Bertz CT molecular complexity index is 726. The third-order valence-electron chi connectivity index (χ3n) is 3.57. The molecule has 0 bridgehead atoms. The predicted molar refractivity (Wildman–Crippen MR) is 87.5 cm³/mol. The third kappa shape index (κ3) is 2.63. The number of halogens is 1. The Labute approximate surface area is 124 Å². The van der Waals surface area contributed by atoms with Gasteiger partial charge in [0.05, 0.1) is 6.61 Å². The molecular formula is C17H18ClNO. The second-order valence-corrected chi connectivity index (χ2v) is 4.95. The molecule has 0 fully saturated rings. The highest BCUT2D eigenvalue weighted by molar-refractivity contribution is 6.08. The fraction of sp³-hybridized carbons (Fsp3) is 0.176. The van der Waals surface area contributed by atoms with Crippen molar-refractivity contribution >= 4 is 34.0 Å². The summed E-state index contributed by atoms with van der Waals surface area (Å²) in [7, 11) is 0. The summed E-state index contributed by atoms with van der Waals surface area (Å²) >= 11 is 0. The molecule has 104 valence electrons. The molecule has 0 heterocycles. The average molecular weight is 288 g/mol. The summed E-state index contributed by atoms with van der Waals surface area (Å²) in [5.41, 5.74) is 7.09. The highest BCUT2D eigenvalue weighted by Crippen LogP contribution is 2.29. The normalized spacial score (nSPS) is 12.3. The average Bonchev–Trinajstić information content (AvgIpc) is 2.47. The first-order valence-corrected chi connectivity index (χ1v) is 6.55. The van der Waals surface area contributed by atoms with Crippen LogP contribution in [0.4, 0.5) is 0 Å². The summed E-state index contributed by atoms with van der Waals surface area (Å²) in [6, 6.07) is 18.7. The molecule has 3 N–H and O–H groups in total. The Balaban J connectivity index is 0.00000147. The number of hydrogen-bond donors (Lipinski definition) is 2. The van der Waals surface area contributed by atoms with E-state index in [9.17, 15) is 0 Å². The van der Waals surface area contributed by atoms with E-state index in [1.54, 1.807) is 0 Å². The maximum atomic E-state index is 9.16. The molecule has 0 aliphatic carbocycles. The lowest BCUT2D eigenvalue weighted by Crippen LogP contribution is -2.26. The lowest BCUT2D eigenvalue weighted by atomic mass is 9.94. The van der Waals surface area contributed by atoms with Gasteiger partial charge >= 0.3 is 0 Å². The van der Waals surface area contributed by atoms with E-state index in [1.165, 1.54) is 27.1 Å². The van der Waals surface area contributed by atoms with Crippen molar-refractivity contribution in [2.45, 2.75) is 12.5 Å². The van der Waals surface area contributed by atoms with Gasteiger partial charge in [-0.2, -0.15) is 0 Å². The van der Waals surface area contributed by atoms with Crippen LogP contribution in [0.5, 0.6) is 0 Å². The van der Waals surface area contributed by atoms with Crippen LogP contribution >= 0.6 is 12.4 Å². The van der Waals surface area contributed by atoms with Crippen LogP contribution in [0, 0.1) is 0 Å². The minimum absolute atomic E-state index is 0. The summed E-state index contributed by atoms with van der Waals surface area (Å²) in [4.78, 5) is 0. The largest absolute Gasteiger partial charge is 0.395 e. The smallest absolute Gasteiger partial charge is 0.0585 e. The van der Waals surface area contributed by atoms with Crippen molar-refractivity contribution in [1.82, 2.24) is 0 Å². The summed E-state index contributed by atoms with van der Waals surface area (Å²) in [5, 5.41) is 14.1. The van der Waals surface area contributed by atoms with Gasteiger partial charge in [0, 0.05) is 6.04 Å². The maximum absolute atomic E-state index is 9.16. The molecular weight excluding hydrogens is 270 g/mol. The second-order valence-electron chi connectivity index (χ2n) is 4.95. The molecule has 0 radical (unpaired) electrons. The van der Waals surface area contributed by atoms with E-state index >= 15 is 0 Å². The Hall–Kier alpha value is -1.61. The molecule has 0 amide bonds. The zero-order chi connectivity index (χ0) is 13.2. The van der Waals surface area contributed by atoms with Gasteiger partial charge in [0.15, 0.2) is 0 Å². The molecule has 0 saturated carbocycles. The zero-order valence-corrected chi connectivity index (χ0v) is 11.9. The molecule has 0 aliphatic rings. The first-order chi connectivity index (χ1) is 9.29. The van der Waals surface area contributed by atoms with Crippen molar-refractivity contribution < 1.29 is 5.11 Å². The van der Waals surface area contributed by atoms with Gasteiger partial charge in [0.1, 0.15) is 0 Å². The molecule has 3 aromatic carbocycles. The molecule has 0 aliphatic heterocycles. The van der Waals surface area contributed by atoms with Crippen LogP contribution in [0.15, 0.2) is 54.6 Å². The van der Waals surface area contributed by atoms with Gasteiger partial charge in [-0.05, 0) is 33.5 Å². The molecule has 0 saturated heterocycles. The molecule has 0 spiro atoms. The van der Waals surface area contributed by atoms with Crippen LogP contribution in [0.1, 0.15) is 5.56 Å². The summed E-state index contributed by atoms with van der Waals surface area (Å²) in [6.45, 7) is 0.0150. The molecule has 20 heavy (non-hydrogen) atoms. The molecule has 2 nitrogen and oxygen atoms in total. The van der Waals surface area contributed by atoms with Crippen LogP contribution in [0.3, 0.4) is 0 Å². The molecule has 1 unspecified atom stereocenters. The van der Waals surface area contributed by atoms with Crippen LogP contribution in [0.2, 0.25) is 0 Å². The van der Waals surface area contributed by atoms with Gasteiger partial charge in [-0.15, -0.1) is 12.4 Å². The topological polar surface area (TPSA) is 46.2 Å². The van der Waals surface area contributed by atoms with Crippen LogP contribution in [0.25, 0.3) is 21.5 Å². The lowest BCUT2D eigenvalue weighted by molar-refractivity contribution is 0.265. The van der Waals surface area contributed by atoms with Crippen molar-refractivity contribution in [3.05, 3.63) is 60.2 Å². The van der Waals surface area contributed by atoms with E-state index in [-0.39, 0.29) is 25.1 Å². The van der Waals surface area contributed by atoms with E-state index in [0.29, 0.717) is 6.42 Å². The van der Waals surface area contributed by atoms with Crippen molar-refractivity contribution in [3.63, 3.8) is 0 Å². The van der Waals surface area contributed by atoms with Crippen molar-refractivity contribution in [2.75, 3.05) is 6.61 Å². The quantitative estimate of drug-likeness (QED) is 0.726. The van der Waals surface area contributed by atoms with Crippen LogP contribution in [-0.4, -0.2) is 17.8 Å². The van der Waals surface area contributed by atoms with Crippen molar-refractivity contribution in [3.8, 4) is 0 Å². The number of nitrogens with two attached hydrogens (primary N) is 1. The monoisotopic (exact) mass is 287 g/mol. The summed E-state index contributed by atoms with van der Waals surface area (Å²) in [5.74, 6) is 0. The summed E-state index contributed by atoms with van der Waals surface area (Å²) < 4.78 is 0. The van der Waals surface area contributed by atoms with Gasteiger partial charge in [0.25, 0.3) is 0 Å². The van der Waals surface area contributed by atoms with E-state index in [0.717, 1.165) is 0 Å². The number of fused-ring (bicyclic) bond motifs is 3. The van der Waals surface area contributed by atoms with E-state index in [2.05, 4.69) is 42.5 Å². The second kappa shape index (κ2) is 6.23. The number of aliphatic hydroxyl groups excluding tert-OH is 1. The fourth-order valence-corrected chi connectivity index (χ4v) is 2.65. The number of rotatable bonds is 3. The minimum atomic E-state index is -0.204. The maximum Gasteiger partial charge on any atom is 0.0585 e. The highest BCUT2D eigenvalue weighted by atomic mass is 35.5. The Morgan fingerprint density at radius 3 is 2.20 bits per heavy atom. The molecule has 3 rings (SSSR count). The Morgan fingerprint density at radius 2 is 1.50 bits per heavy atom. The lowest BCUT2D eigenvalue weighted by Gasteiger charge is -2.13. The first kappa shape index (κ1) is 14.8. The Kier molecular flexibility index (Phi) is 4.61. The highest BCUT2D eigenvalue weighted by Gasteiger charge is 2.09. The van der Waals surface area contributed by atoms with Crippen LogP contribution < -0.4 is 5.73 Å². The van der Waals surface area contributed by atoms with Gasteiger partial charge in [-0.3, -0.25) is 0 Å². The van der Waals surface area contributed by atoms with Gasteiger partial charge in [-0.25, -0.2) is 0 Å². The third-order valence-corrected chi connectivity index (χ3v) is 3.57.